The number of ketones is 1. The summed E-state index contributed by atoms with van der Waals surface area (Å²) in [4.78, 5) is 10.9. The van der Waals surface area contributed by atoms with Crippen molar-refractivity contribution in [1.29, 1.82) is 0 Å². The monoisotopic (exact) mass is 320 g/mol. The van der Waals surface area contributed by atoms with E-state index in [9.17, 15) is 4.79 Å². The third-order valence-corrected chi connectivity index (χ3v) is 3.95. The molecule has 0 amide bonds. The first-order chi connectivity index (χ1) is 10.5. The highest BCUT2D eigenvalue weighted by Crippen LogP contribution is 2.22. The lowest BCUT2D eigenvalue weighted by Crippen LogP contribution is -1.97. The van der Waals surface area contributed by atoms with Crippen LogP contribution in [-0.2, 0) is 11.4 Å². The van der Waals surface area contributed by atoms with Crippen molar-refractivity contribution in [3.8, 4) is 5.75 Å². The third-order valence-electron chi connectivity index (χ3n) is 3.04. The second kappa shape index (κ2) is 7.98. The van der Waals surface area contributed by atoms with E-state index >= 15 is 0 Å². The van der Waals surface area contributed by atoms with Crippen molar-refractivity contribution in [3.63, 3.8) is 0 Å². The molecule has 22 heavy (non-hydrogen) atoms. The molecule has 2 rings (SSSR count). The average molecular weight is 320 g/mol. The number of hydrogen-bond acceptors (Lipinski definition) is 6. The summed E-state index contributed by atoms with van der Waals surface area (Å²) in [5, 5.41) is 8.45. The van der Waals surface area contributed by atoms with Crippen LogP contribution in [0.4, 0.5) is 0 Å². The molecule has 0 saturated carbocycles. The van der Waals surface area contributed by atoms with E-state index in [2.05, 4.69) is 10.2 Å². The fraction of sp³-hybridized carbons (Fsp3) is 0.438. The van der Waals surface area contributed by atoms with Gasteiger partial charge in [0.1, 0.15) is 11.5 Å². The van der Waals surface area contributed by atoms with E-state index in [1.807, 2.05) is 32.0 Å². The molecule has 0 atom stereocenters. The van der Waals surface area contributed by atoms with Gasteiger partial charge >= 0.3 is 0 Å². The second-order valence-electron chi connectivity index (χ2n) is 5.17. The predicted molar refractivity (Wildman–Crippen MR) is 85.2 cm³/mol. The molecule has 0 aliphatic rings. The number of Topliss-reactive ketones (excluding diaryl/α,β-unsaturated/α-hetero) is 1. The maximum absolute atomic E-state index is 10.9. The van der Waals surface area contributed by atoms with Gasteiger partial charge in [-0.3, -0.25) is 0 Å². The first-order valence-electron chi connectivity index (χ1n) is 7.19. The van der Waals surface area contributed by atoms with Crippen molar-refractivity contribution in [1.82, 2.24) is 10.2 Å². The van der Waals surface area contributed by atoms with Gasteiger partial charge in [0.2, 0.25) is 0 Å². The molecule has 1 aromatic carbocycles. The maximum atomic E-state index is 10.9. The third kappa shape index (κ3) is 5.18. The van der Waals surface area contributed by atoms with Crippen LogP contribution in [0, 0.1) is 13.8 Å². The van der Waals surface area contributed by atoms with E-state index in [4.69, 9.17) is 9.15 Å². The molecule has 6 heteroatoms. The Bertz CT molecular complexity index is 640. The molecule has 0 radical (unpaired) electrons. The van der Waals surface area contributed by atoms with Gasteiger partial charge in [-0.25, -0.2) is 0 Å². The molecule has 0 unspecified atom stereocenters. The summed E-state index contributed by atoms with van der Waals surface area (Å²) >= 11 is 1.46. The van der Waals surface area contributed by atoms with Crippen LogP contribution in [0.15, 0.2) is 27.8 Å². The summed E-state index contributed by atoms with van der Waals surface area (Å²) in [6, 6.07) is 6.06. The van der Waals surface area contributed by atoms with Crippen LogP contribution in [-0.4, -0.2) is 21.7 Å². The van der Waals surface area contributed by atoms with E-state index in [1.54, 1.807) is 6.92 Å². The predicted octanol–water partition coefficient (Wildman–Crippen LogP) is 3.73. The minimum absolute atomic E-state index is 0.203. The number of carbonyl (C=O) groups excluding carboxylic acids is 1. The molecule has 0 fully saturated rings. The van der Waals surface area contributed by atoms with Gasteiger partial charge in [0.25, 0.3) is 11.1 Å². The standard InChI is InChI=1S/C16H20N2O3S/c1-11-6-7-12(2)14(9-11)20-10-15-17-18-16(21-15)22-8-4-5-13(3)19/h6-7,9H,4-5,8,10H2,1-3H3. The molecule has 0 saturated heterocycles. The number of ether oxygens (including phenoxy) is 1. The van der Waals surface area contributed by atoms with Crippen molar-refractivity contribution in [3.05, 3.63) is 35.2 Å². The zero-order valence-electron chi connectivity index (χ0n) is 13.1. The van der Waals surface area contributed by atoms with Crippen molar-refractivity contribution in [2.45, 2.75) is 45.4 Å². The minimum Gasteiger partial charge on any atom is -0.484 e. The normalized spacial score (nSPS) is 10.7. The lowest BCUT2D eigenvalue weighted by Gasteiger charge is -2.07. The number of hydrogen-bond donors (Lipinski definition) is 0. The Kier molecular flexibility index (Phi) is 6.00. The zero-order valence-corrected chi connectivity index (χ0v) is 13.9. The lowest BCUT2D eigenvalue weighted by molar-refractivity contribution is -0.117. The summed E-state index contributed by atoms with van der Waals surface area (Å²) in [6.45, 7) is 5.87. The molecular formula is C16H20N2O3S. The summed E-state index contributed by atoms with van der Waals surface area (Å²) in [6.07, 6.45) is 1.40. The maximum Gasteiger partial charge on any atom is 0.276 e. The van der Waals surface area contributed by atoms with Gasteiger partial charge in [-0.15, -0.1) is 10.2 Å². The van der Waals surface area contributed by atoms with Crippen LogP contribution in [0.3, 0.4) is 0 Å². The van der Waals surface area contributed by atoms with Crippen molar-refractivity contribution in [2.24, 2.45) is 0 Å². The topological polar surface area (TPSA) is 65.2 Å². The van der Waals surface area contributed by atoms with Crippen LogP contribution in [0.2, 0.25) is 0 Å². The SMILES string of the molecule is CC(=O)CCCSc1nnc(COc2cc(C)ccc2C)o1. The summed E-state index contributed by atoms with van der Waals surface area (Å²) < 4.78 is 11.2. The Morgan fingerprint density at radius 1 is 1.32 bits per heavy atom. The lowest BCUT2D eigenvalue weighted by atomic mass is 10.1. The molecule has 0 spiro atoms. The quantitative estimate of drug-likeness (QED) is 0.545. The summed E-state index contributed by atoms with van der Waals surface area (Å²) in [7, 11) is 0. The molecule has 1 heterocycles. The smallest absolute Gasteiger partial charge is 0.276 e. The molecule has 0 N–H and O–H groups in total. The van der Waals surface area contributed by atoms with E-state index in [1.165, 1.54) is 11.8 Å². The highest BCUT2D eigenvalue weighted by Gasteiger charge is 2.08. The van der Waals surface area contributed by atoms with E-state index < -0.39 is 0 Å². The van der Waals surface area contributed by atoms with Gasteiger partial charge in [0, 0.05) is 12.2 Å². The number of nitrogens with zero attached hydrogens (tertiary/aromatic N) is 2. The van der Waals surface area contributed by atoms with Crippen molar-refractivity contribution in [2.75, 3.05) is 5.75 Å². The Morgan fingerprint density at radius 2 is 2.14 bits per heavy atom. The molecule has 118 valence electrons. The van der Waals surface area contributed by atoms with Crippen LogP contribution in [0.5, 0.6) is 5.75 Å². The van der Waals surface area contributed by atoms with Crippen molar-refractivity contribution < 1.29 is 13.9 Å². The Labute approximate surface area is 134 Å². The Hall–Kier alpha value is -1.82. The average Bonchev–Trinajstić information content (AvgIpc) is 2.92. The molecule has 5 nitrogen and oxygen atoms in total. The van der Waals surface area contributed by atoms with Gasteiger partial charge in [0.05, 0.1) is 0 Å². The summed E-state index contributed by atoms with van der Waals surface area (Å²) in [5.41, 5.74) is 2.22. The minimum atomic E-state index is 0.203. The highest BCUT2D eigenvalue weighted by atomic mass is 32.2. The largest absolute Gasteiger partial charge is 0.484 e. The van der Waals surface area contributed by atoms with Gasteiger partial charge in [-0.05, 0) is 44.4 Å². The van der Waals surface area contributed by atoms with Crippen LogP contribution in [0.1, 0.15) is 36.8 Å². The highest BCUT2D eigenvalue weighted by molar-refractivity contribution is 7.99. The zero-order chi connectivity index (χ0) is 15.9. The van der Waals surface area contributed by atoms with Gasteiger partial charge in [-0.1, -0.05) is 23.9 Å². The Morgan fingerprint density at radius 3 is 2.91 bits per heavy atom. The second-order valence-corrected chi connectivity index (χ2v) is 6.22. The van der Waals surface area contributed by atoms with E-state index in [0.717, 1.165) is 29.1 Å². The first-order valence-corrected chi connectivity index (χ1v) is 8.18. The van der Waals surface area contributed by atoms with Crippen LogP contribution >= 0.6 is 11.8 Å². The van der Waals surface area contributed by atoms with Crippen molar-refractivity contribution >= 4 is 17.5 Å². The van der Waals surface area contributed by atoms with Gasteiger partial charge in [-0.2, -0.15) is 0 Å². The fourth-order valence-corrected chi connectivity index (χ4v) is 2.55. The Balaban J connectivity index is 1.82. The molecule has 0 aliphatic heterocycles. The van der Waals surface area contributed by atoms with Gasteiger partial charge < -0.3 is 13.9 Å². The van der Waals surface area contributed by atoms with E-state index in [-0.39, 0.29) is 12.4 Å². The molecule has 0 aliphatic carbocycles. The number of thioether (sulfide) groups is 1. The number of rotatable bonds is 8. The molecule has 0 bridgehead atoms. The molecule has 2 aromatic rings. The number of carbonyl (C=O) groups is 1. The van der Waals surface area contributed by atoms with Crippen LogP contribution in [0.25, 0.3) is 0 Å². The van der Waals surface area contributed by atoms with Gasteiger partial charge in [0.15, 0.2) is 6.61 Å². The number of benzene rings is 1. The number of aromatic nitrogens is 2. The molecule has 1 aromatic heterocycles. The first kappa shape index (κ1) is 16.5. The number of aryl methyl sites for hydroxylation is 2. The molecular weight excluding hydrogens is 300 g/mol. The van der Waals surface area contributed by atoms with Crippen LogP contribution < -0.4 is 4.74 Å². The van der Waals surface area contributed by atoms with E-state index in [0.29, 0.717) is 17.5 Å². The fourth-order valence-electron chi connectivity index (χ4n) is 1.84. The summed E-state index contributed by atoms with van der Waals surface area (Å²) in [5.74, 6) is 2.27.